The van der Waals surface area contributed by atoms with Crippen molar-refractivity contribution in [2.24, 2.45) is 11.8 Å². The summed E-state index contributed by atoms with van der Waals surface area (Å²) in [5, 5.41) is 0.269. The van der Waals surface area contributed by atoms with E-state index in [0.717, 1.165) is 37.4 Å². The van der Waals surface area contributed by atoms with E-state index < -0.39 is 0 Å². The Morgan fingerprint density at radius 3 is 2.00 bits per heavy atom. The second kappa shape index (κ2) is 7.67. The van der Waals surface area contributed by atoms with Gasteiger partial charge in [0.05, 0.1) is 11.4 Å². The van der Waals surface area contributed by atoms with Gasteiger partial charge in [-0.2, -0.15) is 4.98 Å². The molecule has 0 bridgehead atoms. The van der Waals surface area contributed by atoms with Crippen molar-refractivity contribution < 1.29 is 0 Å². The molecule has 0 aliphatic carbocycles. The molecule has 0 atom stereocenters. The van der Waals surface area contributed by atoms with Crippen LogP contribution in [0.15, 0.2) is 0 Å². The number of nitrogen functional groups attached to an aromatic ring is 1. The largest absolute Gasteiger partial charge is 0.394 e. The Bertz CT molecular complexity index is 420. The Morgan fingerprint density at radius 2 is 1.55 bits per heavy atom. The molecular formula is C15H27ClN4. The Hall–Kier alpha value is -1.03. The van der Waals surface area contributed by atoms with Crippen LogP contribution in [0.1, 0.15) is 46.2 Å². The van der Waals surface area contributed by atoms with Crippen LogP contribution in [0.2, 0.25) is 5.28 Å². The minimum absolute atomic E-state index is 0.269. The van der Waals surface area contributed by atoms with E-state index in [1.807, 2.05) is 6.92 Å². The molecule has 0 unspecified atom stereocenters. The summed E-state index contributed by atoms with van der Waals surface area (Å²) in [7, 11) is 0. The second-order valence-electron chi connectivity index (χ2n) is 6.17. The Kier molecular flexibility index (Phi) is 6.53. The molecule has 1 rings (SSSR count). The fourth-order valence-corrected chi connectivity index (χ4v) is 2.13. The molecule has 5 heteroatoms. The van der Waals surface area contributed by atoms with E-state index in [1.165, 1.54) is 0 Å². The zero-order valence-electron chi connectivity index (χ0n) is 13.3. The zero-order valence-corrected chi connectivity index (χ0v) is 14.0. The molecule has 4 nitrogen and oxygen atoms in total. The lowest BCUT2D eigenvalue weighted by molar-refractivity contribution is 0.533. The van der Waals surface area contributed by atoms with Gasteiger partial charge in [-0.05, 0) is 43.2 Å². The smallest absolute Gasteiger partial charge is 0.224 e. The highest BCUT2D eigenvalue weighted by molar-refractivity contribution is 6.28. The highest BCUT2D eigenvalue weighted by Crippen LogP contribution is 2.26. The van der Waals surface area contributed by atoms with E-state index in [-0.39, 0.29) is 5.28 Å². The van der Waals surface area contributed by atoms with Crippen molar-refractivity contribution in [1.29, 1.82) is 0 Å². The van der Waals surface area contributed by atoms with E-state index in [2.05, 4.69) is 42.6 Å². The van der Waals surface area contributed by atoms with Crippen LogP contribution in [0.4, 0.5) is 11.5 Å². The maximum atomic E-state index is 6.14. The minimum Gasteiger partial charge on any atom is -0.394 e. The van der Waals surface area contributed by atoms with Crippen LogP contribution < -0.4 is 10.6 Å². The van der Waals surface area contributed by atoms with Crippen molar-refractivity contribution in [3.8, 4) is 0 Å². The van der Waals surface area contributed by atoms with Crippen LogP contribution in [0.25, 0.3) is 0 Å². The van der Waals surface area contributed by atoms with E-state index in [4.69, 9.17) is 17.3 Å². The summed E-state index contributed by atoms with van der Waals surface area (Å²) in [6.07, 6.45) is 2.22. The SMILES string of the molecule is Cc1nc(Cl)nc(N(CCC(C)C)CCC(C)C)c1N. The van der Waals surface area contributed by atoms with Crippen LogP contribution in [0, 0.1) is 18.8 Å². The van der Waals surface area contributed by atoms with E-state index in [0.29, 0.717) is 17.5 Å². The topological polar surface area (TPSA) is 55.0 Å². The molecule has 0 aliphatic heterocycles. The van der Waals surface area contributed by atoms with Gasteiger partial charge in [-0.1, -0.05) is 27.7 Å². The van der Waals surface area contributed by atoms with Crippen molar-refractivity contribution in [1.82, 2.24) is 9.97 Å². The van der Waals surface area contributed by atoms with Crippen LogP contribution in [-0.4, -0.2) is 23.1 Å². The highest BCUT2D eigenvalue weighted by Gasteiger charge is 2.16. The Balaban J connectivity index is 2.96. The lowest BCUT2D eigenvalue weighted by Crippen LogP contribution is -2.29. The van der Waals surface area contributed by atoms with Crippen LogP contribution >= 0.6 is 11.6 Å². The highest BCUT2D eigenvalue weighted by atomic mass is 35.5. The van der Waals surface area contributed by atoms with E-state index >= 15 is 0 Å². The molecule has 0 spiro atoms. The van der Waals surface area contributed by atoms with Crippen molar-refractivity contribution in [3.63, 3.8) is 0 Å². The summed E-state index contributed by atoms with van der Waals surface area (Å²) < 4.78 is 0. The van der Waals surface area contributed by atoms with E-state index in [9.17, 15) is 0 Å². The van der Waals surface area contributed by atoms with Crippen molar-refractivity contribution in [2.45, 2.75) is 47.5 Å². The quantitative estimate of drug-likeness (QED) is 0.775. The van der Waals surface area contributed by atoms with Gasteiger partial charge in [0.1, 0.15) is 0 Å². The van der Waals surface area contributed by atoms with Crippen LogP contribution in [-0.2, 0) is 0 Å². The molecule has 0 aromatic carbocycles. The summed E-state index contributed by atoms with van der Waals surface area (Å²) >= 11 is 5.99. The lowest BCUT2D eigenvalue weighted by atomic mass is 10.1. The molecule has 0 radical (unpaired) electrons. The molecule has 1 aromatic heterocycles. The standard InChI is InChI=1S/C15H27ClN4/c1-10(2)6-8-20(9-7-11(3)4)14-13(17)12(5)18-15(16)19-14/h10-11H,6-9,17H2,1-5H3. The van der Waals surface area contributed by atoms with Gasteiger partial charge in [0.2, 0.25) is 5.28 Å². The minimum atomic E-state index is 0.269. The number of aryl methyl sites for hydroxylation is 1. The molecule has 0 saturated heterocycles. The summed E-state index contributed by atoms with van der Waals surface area (Å²) in [6, 6.07) is 0. The van der Waals surface area contributed by atoms with Gasteiger partial charge < -0.3 is 10.6 Å². The van der Waals surface area contributed by atoms with Gasteiger partial charge in [-0.15, -0.1) is 0 Å². The normalized spacial score (nSPS) is 11.4. The third-order valence-electron chi connectivity index (χ3n) is 3.34. The fourth-order valence-electron chi connectivity index (χ4n) is 1.93. The maximum absolute atomic E-state index is 6.14. The molecule has 1 heterocycles. The second-order valence-corrected chi connectivity index (χ2v) is 6.51. The number of nitrogens with two attached hydrogens (primary N) is 1. The molecule has 0 saturated carbocycles. The predicted octanol–water partition coefficient (Wildman–Crippen LogP) is 3.92. The first-order chi connectivity index (χ1) is 9.31. The average molecular weight is 299 g/mol. The summed E-state index contributed by atoms with van der Waals surface area (Å²) in [5.74, 6) is 2.08. The summed E-state index contributed by atoms with van der Waals surface area (Å²) in [5.41, 5.74) is 7.53. The number of halogens is 1. The third kappa shape index (κ3) is 5.16. The molecule has 0 fully saturated rings. The van der Waals surface area contributed by atoms with Gasteiger partial charge in [0, 0.05) is 13.1 Å². The first kappa shape index (κ1) is 17.0. The predicted molar refractivity (Wildman–Crippen MR) is 87.3 cm³/mol. The molecule has 0 amide bonds. The number of rotatable bonds is 7. The zero-order chi connectivity index (χ0) is 15.3. The number of nitrogens with zero attached hydrogens (tertiary/aromatic N) is 3. The van der Waals surface area contributed by atoms with Crippen molar-refractivity contribution in [3.05, 3.63) is 11.0 Å². The molecule has 114 valence electrons. The third-order valence-corrected chi connectivity index (χ3v) is 3.51. The molecule has 0 aliphatic rings. The molecule has 2 N–H and O–H groups in total. The van der Waals surface area contributed by atoms with Crippen LogP contribution in [0.3, 0.4) is 0 Å². The molecule has 20 heavy (non-hydrogen) atoms. The van der Waals surface area contributed by atoms with Crippen LogP contribution in [0.5, 0.6) is 0 Å². The lowest BCUT2D eigenvalue weighted by Gasteiger charge is -2.27. The molecular weight excluding hydrogens is 272 g/mol. The Morgan fingerprint density at radius 1 is 1.05 bits per heavy atom. The van der Waals surface area contributed by atoms with Gasteiger partial charge in [-0.25, -0.2) is 4.98 Å². The van der Waals surface area contributed by atoms with E-state index in [1.54, 1.807) is 0 Å². The van der Waals surface area contributed by atoms with Gasteiger partial charge in [0.25, 0.3) is 0 Å². The van der Waals surface area contributed by atoms with Gasteiger partial charge in [-0.3, -0.25) is 0 Å². The number of hydrogen-bond donors (Lipinski definition) is 1. The summed E-state index contributed by atoms with van der Waals surface area (Å²) in [6.45, 7) is 12.7. The summed E-state index contributed by atoms with van der Waals surface area (Å²) in [4.78, 5) is 10.7. The first-order valence-electron chi connectivity index (χ1n) is 7.35. The first-order valence-corrected chi connectivity index (χ1v) is 7.73. The maximum Gasteiger partial charge on any atom is 0.224 e. The number of hydrogen-bond acceptors (Lipinski definition) is 4. The Labute approximate surface area is 127 Å². The van der Waals surface area contributed by atoms with Crippen molar-refractivity contribution in [2.75, 3.05) is 23.7 Å². The van der Waals surface area contributed by atoms with Gasteiger partial charge >= 0.3 is 0 Å². The number of aromatic nitrogens is 2. The fraction of sp³-hybridized carbons (Fsp3) is 0.733. The molecule has 1 aromatic rings. The monoisotopic (exact) mass is 298 g/mol. The van der Waals surface area contributed by atoms with Crippen molar-refractivity contribution >= 4 is 23.1 Å². The average Bonchev–Trinajstić information content (AvgIpc) is 2.33. The number of anilines is 2. The van der Waals surface area contributed by atoms with Gasteiger partial charge in [0.15, 0.2) is 5.82 Å².